The third kappa shape index (κ3) is 7.38. The number of thiazole rings is 1. The summed E-state index contributed by atoms with van der Waals surface area (Å²) in [5, 5.41) is 55.0. The summed E-state index contributed by atoms with van der Waals surface area (Å²) in [6.07, 6.45) is 0.125. The number of aliphatic carboxylic acids is 3. The minimum atomic E-state index is -1.97. The molecule has 55 heavy (non-hydrogen) atoms. The molecular formula is C33H35FN7O12S2+. The number of carbonyl (C=O) groups is 5. The van der Waals surface area contributed by atoms with Crippen molar-refractivity contribution in [3.05, 3.63) is 56.2 Å². The summed E-state index contributed by atoms with van der Waals surface area (Å²) in [6, 6.07) is -0.134. The maximum absolute atomic E-state index is 15.2. The van der Waals surface area contributed by atoms with Crippen LogP contribution in [-0.2, 0) is 41.9 Å². The van der Waals surface area contributed by atoms with Crippen LogP contribution in [0.3, 0.4) is 0 Å². The highest BCUT2D eigenvalue weighted by atomic mass is 32.2. The van der Waals surface area contributed by atoms with Crippen LogP contribution in [0.25, 0.3) is 10.9 Å². The molecule has 2 fully saturated rings. The number of β-lactam (4-membered cyclic amide) rings is 1. The van der Waals surface area contributed by atoms with Gasteiger partial charge >= 0.3 is 17.9 Å². The first kappa shape index (κ1) is 39.0. The number of aryl methyl sites for hydroxylation is 1. The minimum absolute atomic E-state index is 0.00940. The largest absolute Gasteiger partial charge is 0.504 e. The molecule has 0 unspecified atom stereocenters. The number of anilines is 1. The lowest BCUT2D eigenvalue weighted by molar-refractivity contribution is -0.925. The maximum atomic E-state index is 15.2. The van der Waals surface area contributed by atoms with Gasteiger partial charge in [0.05, 0.1) is 36.0 Å². The van der Waals surface area contributed by atoms with Gasteiger partial charge in [-0.15, -0.1) is 23.1 Å². The number of amides is 2. The molecule has 3 atom stereocenters. The number of aromatic nitrogens is 2. The zero-order valence-electron chi connectivity index (χ0n) is 28.9. The van der Waals surface area contributed by atoms with E-state index in [0.29, 0.717) is 25.2 Å². The van der Waals surface area contributed by atoms with Crippen molar-refractivity contribution in [2.75, 3.05) is 31.1 Å². The molecule has 3 aliphatic heterocycles. The van der Waals surface area contributed by atoms with Crippen LogP contribution in [-0.4, -0.2) is 123 Å². The van der Waals surface area contributed by atoms with Gasteiger partial charge in [-0.25, -0.2) is 19.0 Å². The lowest BCUT2D eigenvalue weighted by Crippen LogP contribution is -2.71. The predicted molar refractivity (Wildman–Crippen MR) is 192 cm³/mol. The highest BCUT2D eigenvalue weighted by molar-refractivity contribution is 8.00. The molecule has 8 N–H and O–H groups in total. The molecule has 6 rings (SSSR count). The molecule has 2 saturated heterocycles. The molecule has 2 amide bonds. The molecule has 19 nitrogen and oxygen atoms in total. The molecule has 3 aromatic rings. The van der Waals surface area contributed by atoms with Crippen LogP contribution in [0, 0.1) is 5.82 Å². The first-order valence-electron chi connectivity index (χ1n) is 16.8. The van der Waals surface area contributed by atoms with Crippen molar-refractivity contribution in [1.82, 2.24) is 19.8 Å². The average molecular weight is 805 g/mol. The van der Waals surface area contributed by atoms with Crippen LogP contribution >= 0.6 is 23.1 Å². The number of quaternary nitrogens is 1. The molecule has 2 aromatic heterocycles. The van der Waals surface area contributed by atoms with Crippen molar-refractivity contribution in [2.24, 2.45) is 5.16 Å². The molecular weight excluding hydrogens is 770 g/mol. The molecule has 0 radical (unpaired) electrons. The number of carboxylic acid groups (broad SMARTS) is 3. The van der Waals surface area contributed by atoms with Crippen molar-refractivity contribution in [3.63, 3.8) is 0 Å². The number of thioether (sulfide) groups is 1. The molecule has 5 heterocycles. The van der Waals surface area contributed by atoms with Gasteiger partial charge in [0, 0.05) is 48.4 Å². The lowest BCUT2D eigenvalue weighted by atomic mass is 10.0. The Morgan fingerprint density at radius 1 is 1.16 bits per heavy atom. The monoisotopic (exact) mass is 804 g/mol. The SMILES string of the molecule is CCn1cc(C[N+]2(CC3=C(C(=O)O)N4C(=O)[C@@H](NC(=O)C(=NO[C@@H](CC(=O)O)C(=O)O)c5csc(N)n5)[C@H]4SC3)CCCC2)c(=O)c2c(F)c(O)c(O)cc21. The zero-order valence-corrected chi connectivity index (χ0v) is 30.6. The predicted octanol–water partition coefficient (Wildman–Crippen LogP) is 0.808. The molecule has 0 aliphatic carbocycles. The molecule has 0 spiro atoms. The third-order valence-corrected chi connectivity index (χ3v) is 11.7. The summed E-state index contributed by atoms with van der Waals surface area (Å²) in [6.45, 7) is 3.39. The second-order valence-electron chi connectivity index (χ2n) is 13.2. The number of pyridine rings is 1. The van der Waals surface area contributed by atoms with E-state index in [0.717, 1.165) is 35.1 Å². The number of hydrogen-bond donors (Lipinski definition) is 7. The standard InChI is InChI=1S/C33H34FN7O12S2/c1-2-39-9-14(26(45)21-17(39)7-18(42)27(46)22(21)34)10-41(5-3-4-6-41)11-15-12-54-30-24(29(48)40(30)25(15)32(51)52)37-28(47)23(16-13-55-33(35)36-16)38-53-19(31(49)50)8-20(43)44/h7,9,13,19,24,30H,2-6,8,10-12H2,1H3,(H7-,35,36,37,38,42,43,44,45,46,47,49,50,51,52)/p+1/t19-,24+,30+/m0/s1. The minimum Gasteiger partial charge on any atom is -0.504 e. The van der Waals surface area contributed by atoms with Crippen molar-refractivity contribution < 1.29 is 63.2 Å². The van der Waals surface area contributed by atoms with Crippen LogP contribution in [0.15, 0.2) is 38.9 Å². The van der Waals surface area contributed by atoms with Crippen LogP contribution in [0.2, 0.25) is 0 Å². The van der Waals surface area contributed by atoms with E-state index in [1.807, 2.05) is 0 Å². The summed E-state index contributed by atoms with van der Waals surface area (Å²) in [4.78, 5) is 86.1. The number of likely N-dealkylation sites (tertiary alicyclic amines) is 1. The van der Waals surface area contributed by atoms with E-state index in [2.05, 4.69) is 15.5 Å². The lowest BCUT2D eigenvalue weighted by Gasteiger charge is -2.50. The Labute approximate surface area is 317 Å². The van der Waals surface area contributed by atoms with E-state index in [9.17, 15) is 49.2 Å². The van der Waals surface area contributed by atoms with Gasteiger partial charge in [-0.1, -0.05) is 5.16 Å². The van der Waals surface area contributed by atoms with Crippen molar-refractivity contribution >= 4 is 74.6 Å². The first-order valence-corrected chi connectivity index (χ1v) is 18.7. The van der Waals surface area contributed by atoms with E-state index in [4.69, 9.17) is 15.7 Å². The Morgan fingerprint density at radius 2 is 1.87 bits per heavy atom. The van der Waals surface area contributed by atoms with Gasteiger partial charge in [0.2, 0.25) is 11.5 Å². The van der Waals surface area contributed by atoms with Crippen LogP contribution in [0.5, 0.6) is 11.5 Å². The Hall–Kier alpha value is -5.74. The highest BCUT2D eigenvalue weighted by Gasteiger charge is 2.55. The second-order valence-corrected chi connectivity index (χ2v) is 15.2. The quantitative estimate of drug-likeness (QED) is 0.0390. The Bertz CT molecular complexity index is 2250. The number of aromatic hydroxyl groups is 2. The summed E-state index contributed by atoms with van der Waals surface area (Å²) in [7, 11) is 0. The van der Waals surface area contributed by atoms with Gasteiger partial charge in [0.25, 0.3) is 11.8 Å². The van der Waals surface area contributed by atoms with E-state index in [1.54, 1.807) is 17.7 Å². The Kier molecular flexibility index (Phi) is 10.8. The number of rotatable bonds is 14. The summed E-state index contributed by atoms with van der Waals surface area (Å²) < 4.78 is 17.0. The number of nitrogens with zero attached hydrogens (tertiary/aromatic N) is 5. The number of phenolic OH excluding ortho intramolecular Hbond substituents is 2. The maximum Gasteiger partial charge on any atom is 0.352 e. The van der Waals surface area contributed by atoms with E-state index < -0.39 is 82.1 Å². The van der Waals surface area contributed by atoms with Crippen LogP contribution in [0.4, 0.5) is 9.52 Å². The van der Waals surface area contributed by atoms with Gasteiger partial charge in [0.1, 0.15) is 35.9 Å². The number of carbonyl (C=O) groups excluding carboxylic acids is 2. The third-order valence-electron chi connectivity index (χ3n) is 9.65. The number of halogens is 1. The normalized spacial score (nSPS) is 19.9. The van der Waals surface area contributed by atoms with E-state index >= 15 is 4.39 Å². The number of nitrogens with two attached hydrogens (primary N) is 1. The average Bonchev–Trinajstić information content (AvgIpc) is 3.78. The number of nitrogen functional groups attached to an aromatic ring is 1. The van der Waals surface area contributed by atoms with Gasteiger partial charge in [0.15, 0.2) is 28.2 Å². The number of fused-ring (bicyclic) bond motifs is 2. The van der Waals surface area contributed by atoms with Crippen molar-refractivity contribution in [1.29, 1.82) is 0 Å². The molecule has 292 valence electrons. The van der Waals surface area contributed by atoms with Gasteiger partial charge in [-0.2, -0.15) is 0 Å². The molecule has 0 saturated carbocycles. The molecule has 22 heteroatoms. The zero-order chi connectivity index (χ0) is 39.9. The second kappa shape index (κ2) is 15.2. The topological polar surface area (TPSA) is 284 Å². The number of oxime groups is 1. The smallest absolute Gasteiger partial charge is 0.352 e. The molecule has 1 aromatic carbocycles. The number of nitrogens with one attached hydrogen (secondary N) is 1. The summed E-state index contributed by atoms with van der Waals surface area (Å²) in [5.74, 6) is -9.25. The van der Waals surface area contributed by atoms with Crippen molar-refractivity contribution in [3.8, 4) is 11.5 Å². The van der Waals surface area contributed by atoms with E-state index in [-0.39, 0.29) is 56.3 Å². The number of benzene rings is 1. The fourth-order valence-corrected chi connectivity index (χ4v) is 8.99. The van der Waals surface area contributed by atoms with Crippen LogP contribution in [0.1, 0.15) is 37.4 Å². The highest BCUT2D eigenvalue weighted by Crippen LogP contribution is 2.42. The Morgan fingerprint density at radius 3 is 2.47 bits per heavy atom. The van der Waals surface area contributed by atoms with Gasteiger partial charge in [-0.3, -0.25) is 24.1 Å². The fourth-order valence-electron chi connectivity index (χ4n) is 7.11. The van der Waals surface area contributed by atoms with E-state index in [1.165, 1.54) is 17.1 Å². The summed E-state index contributed by atoms with van der Waals surface area (Å²) in [5.41, 5.74) is 4.73. The van der Waals surface area contributed by atoms with Gasteiger partial charge in [-0.05, 0) is 6.92 Å². The fraction of sp³-hybridized carbons (Fsp3) is 0.394. The molecule has 3 aliphatic rings. The Balaban J connectivity index is 1.26. The van der Waals surface area contributed by atoms with Crippen LogP contribution < -0.4 is 16.5 Å². The number of phenols is 2. The number of hydrogen-bond acceptors (Lipinski definition) is 14. The molecule has 0 bridgehead atoms. The number of carboxylic acids is 3. The first-order chi connectivity index (χ1) is 26.1. The van der Waals surface area contributed by atoms with Gasteiger partial charge < -0.3 is 50.5 Å². The summed E-state index contributed by atoms with van der Waals surface area (Å²) >= 11 is 2.10. The van der Waals surface area contributed by atoms with Crippen molar-refractivity contribution in [2.45, 2.75) is 56.8 Å².